The first-order valence-electron chi connectivity index (χ1n) is 5.55. The normalized spacial score (nSPS) is 10.8. The van der Waals surface area contributed by atoms with Crippen LogP contribution in [0.15, 0.2) is 28.9 Å². The molecular formula is C12H14BrN3O. The Kier molecular flexibility index (Phi) is 3.91. The fourth-order valence-corrected chi connectivity index (χ4v) is 2.11. The van der Waals surface area contributed by atoms with Crippen molar-refractivity contribution in [3.63, 3.8) is 0 Å². The van der Waals surface area contributed by atoms with Gasteiger partial charge in [-0.3, -0.25) is 0 Å². The molecular weight excluding hydrogens is 282 g/mol. The molecule has 4 nitrogen and oxygen atoms in total. The highest BCUT2D eigenvalue weighted by Crippen LogP contribution is 2.20. The molecule has 1 aromatic heterocycles. The van der Waals surface area contributed by atoms with Crippen molar-refractivity contribution < 1.29 is 5.11 Å². The quantitative estimate of drug-likeness (QED) is 0.940. The highest BCUT2D eigenvalue weighted by molar-refractivity contribution is 9.10. The standard InChI is InChI=1S/C12H14BrN3O/c1-2-9-7-10(13)3-4-12(9)16-8-11(5-6-17)14-15-16/h3-4,7-8,17H,2,5-6H2,1H3. The second-order valence-corrected chi connectivity index (χ2v) is 4.67. The van der Waals surface area contributed by atoms with Gasteiger partial charge < -0.3 is 5.11 Å². The van der Waals surface area contributed by atoms with Gasteiger partial charge in [-0.25, -0.2) is 4.68 Å². The summed E-state index contributed by atoms with van der Waals surface area (Å²) in [6.45, 7) is 2.20. The largest absolute Gasteiger partial charge is 0.396 e. The SMILES string of the molecule is CCc1cc(Br)ccc1-n1cc(CCO)nn1. The maximum Gasteiger partial charge on any atom is 0.0854 e. The van der Waals surface area contributed by atoms with Crippen molar-refractivity contribution in [2.45, 2.75) is 19.8 Å². The van der Waals surface area contributed by atoms with Crippen LogP contribution >= 0.6 is 15.9 Å². The molecule has 2 rings (SSSR count). The highest BCUT2D eigenvalue weighted by Gasteiger charge is 2.07. The fourth-order valence-electron chi connectivity index (χ4n) is 1.71. The molecule has 90 valence electrons. The number of halogens is 1. The van der Waals surface area contributed by atoms with Crippen molar-refractivity contribution >= 4 is 15.9 Å². The van der Waals surface area contributed by atoms with Crippen molar-refractivity contribution in [1.29, 1.82) is 0 Å². The number of aliphatic hydroxyl groups is 1. The molecule has 0 unspecified atom stereocenters. The number of aliphatic hydroxyl groups excluding tert-OH is 1. The minimum atomic E-state index is 0.0969. The van der Waals surface area contributed by atoms with Gasteiger partial charge in [-0.15, -0.1) is 5.10 Å². The zero-order chi connectivity index (χ0) is 12.3. The minimum absolute atomic E-state index is 0.0969. The maximum absolute atomic E-state index is 8.85. The van der Waals surface area contributed by atoms with Gasteiger partial charge in [0.05, 0.1) is 17.6 Å². The van der Waals surface area contributed by atoms with Crippen LogP contribution in [0.25, 0.3) is 5.69 Å². The molecule has 5 heteroatoms. The molecule has 0 saturated carbocycles. The summed E-state index contributed by atoms with van der Waals surface area (Å²) in [6, 6.07) is 6.09. The topological polar surface area (TPSA) is 50.9 Å². The summed E-state index contributed by atoms with van der Waals surface area (Å²) >= 11 is 3.46. The molecule has 1 aromatic carbocycles. The van der Waals surface area contributed by atoms with Gasteiger partial charge in [-0.2, -0.15) is 0 Å². The highest BCUT2D eigenvalue weighted by atomic mass is 79.9. The average Bonchev–Trinajstić information content (AvgIpc) is 2.78. The smallest absolute Gasteiger partial charge is 0.0854 e. The van der Waals surface area contributed by atoms with Crippen LogP contribution < -0.4 is 0 Å². The third-order valence-electron chi connectivity index (χ3n) is 2.58. The Labute approximate surface area is 108 Å². The van der Waals surface area contributed by atoms with E-state index >= 15 is 0 Å². The lowest BCUT2D eigenvalue weighted by atomic mass is 10.1. The number of hydrogen-bond donors (Lipinski definition) is 1. The third kappa shape index (κ3) is 2.73. The van der Waals surface area contributed by atoms with Crippen LogP contribution in [0.5, 0.6) is 0 Å². The second-order valence-electron chi connectivity index (χ2n) is 3.75. The minimum Gasteiger partial charge on any atom is -0.396 e. The zero-order valence-electron chi connectivity index (χ0n) is 9.60. The van der Waals surface area contributed by atoms with Gasteiger partial charge in [0.25, 0.3) is 0 Å². The van der Waals surface area contributed by atoms with E-state index < -0.39 is 0 Å². The molecule has 0 fully saturated rings. The van der Waals surface area contributed by atoms with E-state index in [4.69, 9.17) is 5.11 Å². The van der Waals surface area contributed by atoms with Gasteiger partial charge in [0.15, 0.2) is 0 Å². The van der Waals surface area contributed by atoms with E-state index in [9.17, 15) is 0 Å². The Bertz CT molecular complexity index is 510. The number of aryl methyl sites for hydroxylation is 1. The van der Waals surface area contributed by atoms with E-state index in [1.807, 2.05) is 18.3 Å². The zero-order valence-corrected chi connectivity index (χ0v) is 11.2. The molecule has 0 saturated heterocycles. The van der Waals surface area contributed by atoms with Gasteiger partial charge in [0, 0.05) is 17.5 Å². The lowest BCUT2D eigenvalue weighted by Crippen LogP contribution is -1.99. The van der Waals surface area contributed by atoms with Crippen LogP contribution in [0.2, 0.25) is 0 Å². The van der Waals surface area contributed by atoms with Gasteiger partial charge in [-0.05, 0) is 30.2 Å². The van der Waals surface area contributed by atoms with Crippen molar-refractivity contribution in [3.8, 4) is 5.69 Å². The fraction of sp³-hybridized carbons (Fsp3) is 0.333. The van der Waals surface area contributed by atoms with Gasteiger partial charge >= 0.3 is 0 Å². The molecule has 0 spiro atoms. The number of hydrogen-bond acceptors (Lipinski definition) is 3. The molecule has 0 atom stereocenters. The van der Waals surface area contributed by atoms with Crippen molar-refractivity contribution in [3.05, 3.63) is 40.1 Å². The van der Waals surface area contributed by atoms with Crippen LogP contribution in [0.4, 0.5) is 0 Å². The Morgan fingerprint density at radius 3 is 2.94 bits per heavy atom. The predicted molar refractivity (Wildman–Crippen MR) is 69.2 cm³/mol. The molecule has 17 heavy (non-hydrogen) atoms. The Balaban J connectivity index is 2.37. The summed E-state index contributed by atoms with van der Waals surface area (Å²) in [4.78, 5) is 0. The van der Waals surface area contributed by atoms with Crippen LogP contribution in [-0.2, 0) is 12.8 Å². The predicted octanol–water partition coefficient (Wildman–Crippen LogP) is 2.13. The van der Waals surface area contributed by atoms with Crippen LogP contribution in [0.1, 0.15) is 18.2 Å². The Hall–Kier alpha value is -1.20. The van der Waals surface area contributed by atoms with Gasteiger partial charge in [0.1, 0.15) is 0 Å². The number of rotatable bonds is 4. The first-order chi connectivity index (χ1) is 8.24. The lowest BCUT2D eigenvalue weighted by molar-refractivity contribution is 0.298. The third-order valence-corrected chi connectivity index (χ3v) is 3.07. The maximum atomic E-state index is 8.85. The molecule has 0 amide bonds. The molecule has 0 aliphatic carbocycles. The number of benzene rings is 1. The monoisotopic (exact) mass is 295 g/mol. The number of aromatic nitrogens is 3. The van der Waals surface area contributed by atoms with Gasteiger partial charge in [0.2, 0.25) is 0 Å². The summed E-state index contributed by atoms with van der Waals surface area (Å²) in [5.74, 6) is 0. The van der Waals surface area contributed by atoms with Crippen molar-refractivity contribution in [1.82, 2.24) is 15.0 Å². The summed E-state index contributed by atoms with van der Waals surface area (Å²) in [5.41, 5.74) is 3.05. The van der Waals surface area contributed by atoms with E-state index in [0.29, 0.717) is 6.42 Å². The molecule has 0 radical (unpaired) electrons. The van der Waals surface area contributed by atoms with Crippen molar-refractivity contribution in [2.75, 3.05) is 6.61 Å². The molecule has 0 aliphatic heterocycles. The molecule has 0 bridgehead atoms. The molecule has 0 aliphatic rings. The summed E-state index contributed by atoms with van der Waals surface area (Å²) in [7, 11) is 0. The Morgan fingerprint density at radius 1 is 1.41 bits per heavy atom. The average molecular weight is 296 g/mol. The molecule has 1 N–H and O–H groups in total. The van der Waals surface area contributed by atoms with Crippen LogP contribution in [0.3, 0.4) is 0 Å². The van der Waals surface area contributed by atoms with E-state index in [1.54, 1.807) is 4.68 Å². The summed E-state index contributed by atoms with van der Waals surface area (Å²) < 4.78 is 2.82. The second kappa shape index (κ2) is 5.42. The van der Waals surface area contributed by atoms with E-state index in [1.165, 1.54) is 5.56 Å². The first-order valence-corrected chi connectivity index (χ1v) is 6.34. The van der Waals surface area contributed by atoms with Crippen LogP contribution in [-0.4, -0.2) is 26.7 Å². The summed E-state index contributed by atoms with van der Waals surface area (Å²) in [6.07, 6.45) is 3.33. The first kappa shape index (κ1) is 12.3. The summed E-state index contributed by atoms with van der Waals surface area (Å²) in [5, 5.41) is 17.0. The number of nitrogens with zero attached hydrogens (tertiary/aromatic N) is 3. The van der Waals surface area contributed by atoms with Crippen molar-refractivity contribution in [2.24, 2.45) is 0 Å². The Morgan fingerprint density at radius 2 is 2.24 bits per heavy atom. The molecule has 2 aromatic rings. The van der Waals surface area contributed by atoms with Gasteiger partial charge in [-0.1, -0.05) is 28.1 Å². The van der Waals surface area contributed by atoms with Crippen LogP contribution in [0, 0.1) is 0 Å². The molecule has 1 heterocycles. The van der Waals surface area contributed by atoms with E-state index in [-0.39, 0.29) is 6.61 Å². The lowest BCUT2D eigenvalue weighted by Gasteiger charge is -2.07. The van der Waals surface area contributed by atoms with E-state index in [2.05, 4.69) is 39.2 Å². The van der Waals surface area contributed by atoms with E-state index in [0.717, 1.165) is 22.3 Å².